The van der Waals surface area contributed by atoms with Crippen LogP contribution < -0.4 is 5.43 Å². The van der Waals surface area contributed by atoms with Crippen LogP contribution in [0.2, 0.25) is 0 Å². The summed E-state index contributed by atoms with van der Waals surface area (Å²) in [6.45, 7) is 6.34. The molecule has 1 saturated heterocycles. The van der Waals surface area contributed by atoms with Crippen LogP contribution in [0.25, 0.3) is 5.69 Å². The van der Waals surface area contributed by atoms with Crippen molar-refractivity contribution in [2.75, 3.05) is 7.05 Å². The lowest BCUT2D eigenvalue weighted by Crippen LogP contribution is -2.53. The maximum atomic E-state index is 11.8. The lowest BCUT2D eigenvalue weighted by atomic mass is 9.91. The van der Waals surface area contributed by atoms with Crippen LogP contribution in [-0.2, 0) is 0 Å². The highest BCUT2D eigenvalue weighted by Gasteiger charge is 2.42. The maximum absolute atomic E-state index is 11.8. The molecule has 116 valence electrons. The molecule has 0 saturated carbocycles. The number of nitrogens with zero attached hydrogens (tertiary/aromatic N) is 3. The summed E-state index contributed by atoms with van der Waals surface area (Å²) in [5.74, 6) is 0. The van der Waals surface area contributed by atoms with Gasteiger partial charge in [-0.15, -0.1) is 0 Å². The summed E-state index contributed by atoms with van der Waals surface area (Å²) in [5.41, 5.74) is 6.41. The van der Waals surface area contributed by atoms with E-state index < -0.39 is 0 Å². The largest absolute Gasteiger partial charge is 0.306 e. The predicted octanol–water partition coefficient (Wildman–Crippen LogP) is 3.30. The number of hydrazine groups is 1. The Bertz CT molecular complexity index is 696. The predicted molar refractivity (Wildman–Crippen MR) is 89.0 cm³/mol. The Kier molecular flexibility index (Phi) is 3.74. The van der Waals surface area contributed by atoms with Crippen LogP contribution in [0.1, 0.15) is 31.0 Å². The van der Waals surface area contributed by atoms with E-state index in [1.807, 2.05) is 22.8 Å². The van der Waals surface area contributed by atoms with E-state index in [0.29, 0.717) is 0 Å². The highest BCUT2D eigenvalue weighted by Crippen LogP contribution is 2.44. The zero-order valence-electron chi connectivity index (χ0n) is 13.2. The van der Waals surface area contributed by atoms with Gasteiger partial charge in [-0.1, -0.05) is 17.8 Å². The van der Waals surface area contributed by atoms with Gasteiger partial charge in [0.05, 0.1) is 12.4 Å². The molecule has 2 heterocycles. The third-order valence-electron chi connectivity index (χ3n) is 4.02. The molecular weight excluding hydrogens is 296 g/mol. The van der Waals surface area contributed by atoms with E-state index >= 15 is 0 Å². The molecule has 3 rings (SSSR count). The summed E-state index contributed by atoms with van der Waals surface area (Å²) in [7, 11) is 1.92. The minimum atomic E-state index is -0.196. The summed E-state index contributed by atoms with van der Waals surface area (Å²) in [6, 6.07) is 6.51. The first-order valence-electron chi connectivity index (χ1n) is 7.20. The Morgan fingerprint density at radius 3 is 2.73 bits per heavy atom. The van der Waals surface area contributed by atoms with Gasteiger partial charge in [0, 0.05) is 29.9 Å². The molecule has 1 aromatic carbocycles. The van der Waals surface area contributed by atoms with Gasteiger partial charge in [0.1, 0.15) is 0 Å². The Hall–Kier alpha value is -1.79. The smallest absolute Gasteiger partial charge is 0.293 e. The summed E-state index contributed by atoms with van der Waals surface area (Å²) < 4.78 is 1.79. The van der Waals surface area contributed by atoms with Gasteiger partial charge in [0.15, 0.2) is 0 Å². The lowest BCUT2D eigenvalue weighted by Gasteiger charge is -2.44. The number of benzene rings is 1. The molecule has 0 spiro atoms. The van der Waals surface area contributed by atoms with Crippen molar-refractivity contribution >= 4 is 17.0 Å². The molecule has 0 aliphatic carbocycles. The molecule has 1 N–H and O–H groups in total. The van der Waals surface area contributed by atoms with Crippen LogP contribution >= 0.6 is 11.8 Å². The van der Waals surface area contributed by atoms with E-state index in [9.17, 15) is 4.79 Å². The van der Waals surface area contributed by atoms with Gasteiger partial charge in [-0.25, -0.2) is 9.99 Å². The van der Waals surface area contributed by atoms with E-state index in [2.05, 4.69) is 49.4 Å². The van der Waals surface area contributed by atoms with E-state index in [-0.39, 0.29) is 16.0 Å². The fraction of sp³-hybridized carbons (Fsp3) is 0.375. The summed E-state index contributed by atoms with van der Waals surface area (Å²) in [4.78, 5) is 15.8. The Labute approximate surface area is 134 Å². The molecule has 1 aliphatic heterocycles. The first kappa shape index (κ1) is 15.1. The van der Waals surface area contributed by atoms with Crippen molar-refractivity contribution in [1.82, 2.24) is 20.0 Å². The molecule has 1 aromatic heterocycles. The van der Waals surface area contributed by atoms with Crippen molar-refractivity contribution in [2.45, 2.75) is 31.6 Å². The van der Waals surface area contributed by atoms with Crippen molar-refractivity contribution < 1.29 is 4.79 Å². The van der Waals surface area contributed by atoms with Crippen LogP contribution in [0, 0.1) is 6.92 Å². The van der Waals surface area contributed by atoms with Crippen LogP contribution in [0.4, 0.5) is 4.79 Å². The van der Waals surface area contributed by atoms with Crippen molar-refractivity contribution in [2.24, 2.45) is 0 Å². The minimum Gasteiger partial charge on any atom is -0.306 e. The normalized spacial score (nSPS) is 21.6. The molecule has 1 fully saturated rings. The Morgan fingerprint density at radius 2 is 2.14 bits per heavy atom. The number of carbonyl (C=O) groups is 1. The molecule has 5 nitrogen and oxygen atoms in total. The standard InChI is InChI=1S/C16H20N4OS/c1-11-9-12(20-8-7-17-10-20)5-6-13(11)14-16(2,3)22-15(21)18-19(14)4/h5-10,14H,1-4H3,(H,18,21). The second-order valence-corrected chi connectivity index (χ2v) is 7.76. The van der Waals surface area contributed by atoms with Gasteiger partial charge in [-0.2, -0.15) is 0 Å². The van der Waals surface area contributed by atoms with E-state index in [0.717, 1.165) is 5.69 Å². The molecule has 1 unspecified atom stereocenters. The number of imidazole rings is 1. The molecule has 1 amide bonds. The fourth-order valence-electron chi connectivity index (χ4n) is 3.11. The fourth-order valence-corrected chi connectivity index (χ4v) is 4.18. The SMILES string of the molecule is Cc1cc(-n2ccnc2)ccc1C1N(C)NC(=O)SC1(C)C. The molecule has 6 heteroatoms. The van der Waals surface area contributed by atoms with E-state index in [1.54, 1.807) is 12.5 Å². The van der Waals surface area contributed by atoms with Crippen molar-refractivity contribution in [3.8, 4) is 5.69 Å². The molecule has 22 heavy (non-hydrogen) atoms. The second-order valence-electron chi connectivity index (χ2n) is 6.13. The van der Waals surface area contributed by atoms with E-state index in [1.165, 1.54) is 22.9 Å². The van der Waals surface area contributed by atoms with E-state index in [4.69, 9.17) is 0 Å². The number of rotatable bonds is 2. The number of amides is 1. The topological polar surface area (TPSA) is 50.2 Å². The van der Waals surface area contributed by atoms with Crippen molar-refractivity contribution in [3.05, 3.63) is 48.0 Å². The maximum Gasteiger partial charge on any atom is 0.293 e. The van der Waals surface area contributed by atoms with Gasteiger partial charge < -0.3 is 4.57 Å². The van der Waals surface area contributed by atoms with Gasteiger partial charge in [0.2, 0.25) is 0 Å². The van der Waals surface area contributed by atoms with Crippen LogP contribution in [0.5, 0.6) is 0 Å². The molecule has 2 aromatic rings. The molecular formula is C16H20N4OS. The van der Waals surface area contributed by atoms with Crippen LogP contribution in [-0.4, -0.2) is 31.6 Å². The highest BCUT2D eigenvalue weighted by molar-refractivity contribution is 8.14. The Balaban J connectivity index is 1.99. The lowest BCUT2D eigenvalue weighted by molar-refractivity contribution is 0.145. The number of hydrogen-bond acceptors (Lipinski definition) is 4. The third kappa shape index (κ3) is 2.64. The van der Waals surface area contributed by atoms with Gasteiger partial charge in [-0.3, -0.25) is 10.2 Å². The third-order valence-corrected chi connectivity index (χ3v) is 5.05. The quantitative estimate of drug-likeness (QED) is 0.923. The summed E-state index contributed by atoms with van der Waals surface area (Å²) in [6.07, 6.45) is 5.50. The van der Waals surface area contributed by atoms with Gasteiger partial charge >= 0.3 is 0 Å². The number of hydrogen-bond donors (Lipinski definition) is 1. The summed E-state index contributed by atoms with van der Waals surface area (Å²) >= 11 is 1.35. The average molecular weight is 316 g/mol. The molecule has 0 bridgehead atoms. The number of aromatic nitrogens is 2. The average Bonchev–Trinajstić information content (AvgIpc) is 2.92. The Morgan fingerprint density at radius 1 is 1.36 bits per heavy atom. The highest BCUT2D eigenvalue weighted by atomic mass is 32.2. The first-order valence-corrected chi connectivity index (χ1v) is 8.01. The summed E-state index contributed by atoms with van der Waals surface area (Å²) in [5, 5.41) is 1.91. The second kappa shape index (κ2) is 5.44. The molecule has 0 radical (unpaired) electrons. The minimum absolute atomic E-state index is 0.00330. The number of nitrogens with one attached hydrogen (secondary N) is 1. The van der Waals surface area contributed by atoms with Gasteiger partial charge in [0.25, 0.3) is 5.24 Å². The number of aryl methyl sites for hydroxylation is 1. The monoisotopic (exact) mass is 316 g/mol. The zero-order valence-corrected chi connectivity index (χ0v) is 14.0. The van der Waals surface area contributed by atoms with Crippen molar-refractivity contribution in [1.29, 1.82) is 0 Å². The zero-order chi connectivity index (χ0) is 15.9. The number of carbonyl (C=O) groups excluding carboxylic acids is 1. The molecule has 1 atom stereocenters. The molecule has 1 aliphatic rings. The van der Waals surface area contributed by atoms with Crippen LogP contribution in [0.15, 0.2) is 36.9 Å². The van der Waals surface area contributed by atoms with Gasteiger partial charge in [-0.05, 0) is 44.0 Å². The number of thioether (sulfide) groups is 1. The van der Waals surface area contributed by atoms with Crippen LogP contribution in [0.3, 0.4) is 0 Å². The van der Waals surface area contributed by atoms with Crippen molar-refractivity contribution in [3.63, 3.8) is 0 Å². The first-order chi connectivity index (χ1) is 10.4.